The molecule has 0 aliphatic heterocycles. The number of rotatable bonds is 3. The van der Waals surface area contributed by atoms with Gasteiger partial charge in [-0.3, -0.25) is 15.1 Å². The minimum absolute atomic E-state index is 0.710. The summed E-state index contributed by atoms with van der Waals surface area (Å²) in [6.45, 7) is 0. The summed E-state index contributed by atoms with van der Waals surface area (Å²) in [4.78, 5) is 21.1. The zero-order valence-electron chi connectivity index (χ0n) is 15.0. The molecule has 0 amide bonds. The molecular weight excluding hydrogens is 366 g/mol. The Morgan fingerprint density at radius 3 is 2.79 bits per heavy atom. The van der Waals surface area contributed by atoms with Crippen molar-refractivity contribution in [3.8, 4) is 33.9 Å². The molecule has 8 nitrogen and oxygen atoms in total. The Balaban J connectivity index is 1.53. The van der Waals surface area contributed by atoms with Crippen LogP contribution < -0.4 is 0 Å². The highest BCUT2D eigenvalue weighted by atomic mass is 16.3. The fourth-order valence-corrected chi connectivity index (χ4v) is 3.48. The van der Waals surface area contributed by atoms with E-state index in [2.05, 4.69) is 30.1 Å². The Bertz CT molecular complexity index is 1450. The molecule has 0 fully saturated rings. The lowest BCUT2D eigenvalue weighted by molar-refractivity contribution is 0.568. The van der Waals surface area contributed by atoms with E-state index in [1.807, 2.05) is 30.3 Å². The molecule has 8 heteroatoms. The molecule has 0 aromatic carbocycles. The SMILES string of the molecule is c1cnc(-c2ccc3[nH]nc(-c4cc5c(-c6ccoc6)ccnc5[nH]4)c3n2)cn1. The summed E-state index contributed by atoms with van der Waals surface area (Å²) >= 11 is 0. The molecule has 0 bridgehead atoms. The van der Waals surface area contributed by atoms with Crippen molar-refractivity contribution in [2.45, 2.75) is 0 Å². The van der Waals surface area contributed by atoms with Gasteiger partial charge in [-0.2, -0.15) is 5.10 Å². The molecule has 6 heterocycles. The van der Waals surface area contributed by atoms with Gasteiger partial charge in [0.15, 0.2) is 0 Å². The van der Waals surface area contributed by atoms with Gasteiger partial charge >= 0.3 is 0 Å². The van der Waals surface area contributed by atoms with Crippen LogP contribution in [0.1, 0.15) is 0 Å². The Morgan fingerprint density at radius 1 is 0.931 bits per heavy atom. The highest BCUT2D eigenvalue weighted by molar-refractivity contribution is 5.98. The number of nitrogens with one attached hydrogen (secondary N) is 2. The van der Waals surface area contributed by atoms with E-state index in [-0.39, 0.29) is 0 Å². The lowest BCUT2D eigenvalue weighted by atomic mass is 10.1. The number of H-pyrrole nitrogens is 2. The highest BCUT2D eigenvalue weighted by Crippen LogP contribution is 2.33. The second-order valence-electron chi connectivity index (χ2n) is 6.57. The highest BCUT2D eigenvalue weighted by Gasteiger charge is 2.16. The summed E-state index contributed by atoms with van der Waals surface area (Å²) in [5.74, 6) is 0. The van der Waals surface area contributed by atoms with E-state index in [0.29, 0.717) is 5.69 Å². The summed E-state index contributed by atoms with van der Waals surface area (Å²) in [7, 11) is 0. The van der Waals surface area contributed by atoms with E-state index in [1.54, 1.807) is 37.3 Å². The van der Waals surface area contributed by atoms with Crippen LogP contribution in [0.2, 0.25) is 0 Å². The maximum absolute atomic E-state index is 5.24. The van der Waals surface area contributed by atoms with Gasteiger partial charge in [-0.05, 0) is 35.9 Å². The van der Waals surface area contributed by atoms with Crippen molar-refractivity contribution >= 4 is 22.1 Å². The number of fused-ring (bicyclic) bond motifs is 2. The van der Waals surface area contributed by atoms with E-state index in [9.17, 15) is 0 Å². The number of aromatic nitrogens is 7. The third-order valence-electron chi connectivity index (χ3n) is 4.85. The maximum Gasteiger partial charge on any atom is 0.138 e. The standard InChI is InChI=1S/C21H13N7O/c1-2-16-19(25-15(1)18-10-22-6-7-23-18)20(28-27-16)17-9-14-13(12-4-8-29-11-12)3-5-24-21(14)26-17/h1-11H,(H,24,26)(H,27,28). The predicted molar refractivity (Wildman–Crippen MR) is 108 cm³/mol. The lowest BCUT2D eigenvalue weighted by Crippen LogP contribution is -1.89. The van der Waals surface area contributed by atoms with Gasteiger partial charge in [-0.1, -0.05) is 0 Å². The van der Waals surface area contributed by atoms with Crippen LogP contribution in [-0.4, -0.2) is 35.1 Å². The van der Waals surface area contributed by atoms with Gasteiger partial charge < -0.3 is 9.40 Å². The molecule has 0 aliphatic carbocycles. The van der Waals surface area contributed by atoms with Gasteiger partial charge in [0, 0.05) is 29.5 Å². The van der Waals surface area contributed by atoms with Crippen molar-refractivity contribution in [3.63, 3.8) is 0 Å². The molecule has 0 unspecified atom stereocenters. The summed E-state index contributed by atoms with van der Waals surface area (Å²) in [5, 5.41) is 8.53. The van der Waals surface area contributed by atoms with Crippen molar-refractivity contribution in [1.82, 2.24) is 35.1 Å². The summed E-state index contributed by atoms with van der Waals surface area (Å²) in [5.41, 5.74) is 7.42. The van der Waals surface area contributed by atoms with Gasteiger partial charge in [0.25, 0.3) is 0 Å². The molecular formula is C21H13N7O. The number of aromatic amines is 2. The smallest absolute Gasteiger partial charge is 0.138 e. The second kappa shape index (κ2) is 6.10. The van der Waals surface area contributed by atoms with E-state index >= 15 is 0 Å². The number of hydrogen-bond donors (Lipinski definition) is 2. The molecule has 0 saturated heterocycles. The van der Waals surface area contributed by atoms with Gasteiger partial charge in [-0.15, -0.1) is 0 Å². The topological polar surface area (TPSA) is 109 Å². The molecule has 0 radical (unpaired) electrons. The molecule has 29 heavy (non-hydrogen) atoms. The van der Waals surface area contributed by atoms with Crippen LogP contribution in [-0.2, 0) is 0 Å². The monoisotopic (exact) mass is 379 g/mol. The first-order chi connectivity index (χ1) is 14.4. The molecule has 0 spiro atoms. The van der Waals surface area contributed by atoms with Crippen LogP contribution in [0.5, 0.6) is 0 Å². The molecule has 0 saturated carbocycles. The Morgan fingerprint density at radius 2 is 1.93 bits per heavy atom. The molecule has 0 aliphatic rings. The van der Waals surface area contributed by atoms with Crippen molar-refractivity contribution in [2.24, 2.45) is 0 Å². The molecule has 6 aromatic rings. The third-order valence-corrected chi connectivity index (χ3v) is 4.85. The maximum atomic E-state index is 5.24. The zero-order valence-corrected chi connectivity index (χ0v) is 15.0. The summed E-state index contributed by atoms with van der Waals surface area (Å²) in [6, 6.07) is 9.79. The predicted octanol–water partition coefficient (Wildman–Crippen LogP) is 4.22. The van der Waals surface area contributed by atoms with E-state index in [0.717, 1.165) is 50.3 Å². The van der Waals surface area contributed by atoms with Crippen LogP contribution in [0, 0.1) is 0 Å². The van der Waals surface area contributed by atoms with Crippen molar-refractivity contribution < 1.29 is 4.42 Å². The summed E-state index contributed by atoms with van der Waals surface area (Å²) in [6.07, 6.45) is 10.1. The molecule has 6 aromatic heterocycles. The Kier molecular flexibility index (Phi) is 3.30. The minimum atomic E-state index is 0.710. The van der Waals surface area contributed by atoms with Crippen molar-refractivity contribution in [1.29, 1.82) is 0 Å². The first-order valence-electron chi connectivity index (χ1n) is 8.99. The van der Waals surface area contributed by atoms with E-state index in [4.69, 9.17) is 9.40 Å². The number of hydrogen-bond acceptors (Lipinski definition) is 6. The van der Waals surface area contributed by atoms with Crippen LogP contribution in [0.25, 0.3) is 56.0 Å². The largest absolute Gasteiger partial charge is 0.472 e. The average Bonchev–Trinajstić information content (AvgIpc) is 3.52. The quantitative estimate of drug-likeness (QED) is 0.476. The number of nitrogens with zero attached hydrogens (tertiary/aromatic N) is 5. The number of pyridine rings is 2. The van der Waals surface area contributed by atoms with Gasteiger partial charge in [-0.25, -0.2) is 9.97 Å². The van der Waals surface area contributed by atoms with Crippen LogP contribution in [0.3, 0.4) is 0 Å². The Labute approximate surface area is 163 Å². The minimum Gasteiger partial charge on any atom is -0.472 e. The first-order valence-corrected chi connectivity index (χ1v) is 8.99. The molecule has 2 N–H and O–H groups in total. The normalized spacial score (nSPS) is 11.4. The Hall–Kier alpha value is -4.33. The second-order valence-corrected chi connectivity index (χ2v) is 6.57. The first kappa shape index (κ1) is 15.7. The molecule has 0 atom stereocenters. The van der Waals surface area contributed by atoms with E-state index < -0.39 is 0 Å². The fourth-order valence-electron chi connectivity index (χ4n) is 3.48. The van der Waals surface area contributed by atoms with Gasteiger partial charge in [0.1, 0.15) is 22.6 Å². The third kappa shape index (κ3) is 2.50. The van der Waals surface area contributed by atoms with Crippen LogP contribution >= 0.6 is 0 Å². The number of furan rings is 1. The average molecular weight is 379 g/mol. The zero-order chi connectivity index (χ0) is 19.2. The van der Waals surface area contributed by atoms with E-state index in [1.165, 1.54) is 0 Å². The van der Waals surface area contributed by atoms with Crippen LogP contribution in [0.15, 0.2) is 72.1 Å². The van der Waals surface area contributed by atoms with Gasteiger partial charge in [0.2, 0.25) is 0 Å². The van der Waals surface area contributed by atoms with Crippen molar-refractivity contribution in [3.05, 3.63) is 67.6 Å². The van der Waals surface area contributed by atoms with Crippen LogP contribution in [0.4, 0.5) is 0 Å². The fraction of sp³-hybridized carbons (Fsp3) is 0. The van der Waals surface area contributed by atoms with Crippen molar-refractivity contribution in [2.75, 3.05) is 0 Å². The molecule has 6 rings (SSSR count). The molecule has 138 valence electrons. The summed E-state index contributed by atoms with van der Waals surface area (Å²) < 4.78 is 5.24. The lowest BCUT2D eigenvalue weighted by Gasteiger charge is -1.99. The van der Waals surface area contributed by atoms with Gasteiger partial charge in [0.05, 0.1) is 35.6 Å².